The summed E-state index contributed by atoms with van der Waals surface area (Å²) in [6.45, 7) is 2.64. The number of amides is 1. The zero-order valence-electron chi connectivity index (χ0n) is 13.7. The first-order valence-electron chi connectivity index (χ1n) is 8.17. The highest BCUT2D eigenvalue weighted by Gasteiger charge is 2.10. The van der Waals surface area contributed by atoms with E-state index in [0.717, 1.165) is 36.2 Å². The molecule has 0 fully saturated rings. The van der Waals surface area contributed by atoms with Crippen LogP contribution in [0.2, 0.25) is 0 Å². The molecule has 0 atom stereocenters. The van der Waals surface area contributed by atoms with Crippen molar-refractivity contribution in [2.45, 2.75) is 26.2 Å². The van der Waals surface area contributed by atoms with E-state index in [1.165, 1.54) is 0 Å². The zero-order chi connectivity index (χ0) is 16.8. The summed E-state index contributed by atoms with van der Waals surface area (Å²) in [5, 5.41) is 14.2. The van der Waals surface area contributed by atoms with Gasteiger partial charge in [0.15, 0.2) is 0 Å². The molecule has 6 nitrogen and oxygen atoms in total. The minimum Gasteiger partial charge on any atom is -0.350 e. The number of carbonyl (C=O) groups is 1. The van der Waals surface area contributed by atoms with Crippen molar-refractivity contribution in [2.24, 2.45) is 0 Å². The molecule has 2 N–H and O–H groups in total. The lowest BCUT2D eigenvalue weighted by molar-refractivity contribution is 0.0949. The van der Waals surface area contributed by atoms with Gasteiger partial charge in [0.05, 0.1) is 11.9 Å². The van der Waals surface area contributed by atoms with E-state index in [0.29, 0.717) is 12.2 Å². The summed E-state index contributed by atoms with van der Waals surface area (Å²) in [7, 11) is 0. The van der Waals surface area contributed by atoms with Gasteiger partial charge < -0.3 is 5.32 Å². The number of aromatic amines is 1. The van der Waals surface area contributed by atoms with Gasteiger partial charge in [-0.1, -0.05) is 31.5 Å². The molecular formula is C18H21N5O. The third kappa shape index (κ3) is 3.90. The number of aryl methyl sites for hydroxylation is 1. The maximum atomic E-state index is 12.1. The Morgan fingerprint density at radius 3 is 2.88 bits per heavy atom. The predicted molar refractivity (Wildman–Crippen MR) is 92.2 cm³/mol. The summed E-state index contributed by atoms with van der Waals surface area (Å²) in [6, 6.07) is 11.8. The number of para-hydroxylation sites is 1. The molecule has 0 saturated heterocycles. The number of aromatic nitrogens is 4. The molecule has 0 saturated carbocycles. The van der Waals surface area contributed by atoms with Crippen LogP contribution in [0.4, 0.5) is 0 Å². The molecule has 24 heavy (non-hydrogen) atoms. The number of H-pyrrole nitrogens is 1. The quantitative estimate of drug-likeness (QED) is 0.701. The Labute approximate surface area is 140 Å². The van der Waals surface area contributed by atoms with Crippen LogP contribution < -0.4 is 5.32 Å². The topological polar surface area (TPSA) is 75.6 Å². The minimum atomic E-state index is -0.149. The standard InChI is InChI=1S/C18H21N5O/c1-2-6-15-11-17(22-21-15)18(24)19-10-9-14-12-20-23(13-14)16-7-4-3-5-8-16/h3-5,7-8,11-13H,2,6,9-10H2,1H3,(H,19,24)(H,21,22). The lowest BCUT2D eigenvalue weighted by Gasteiger charge is -2.01. The SMILES string of the molecule is CCCc1cc(C(=O)NCCc2cnn(-c3ccccc3)c2)n[nH]1. The molecule has 0 radical (unpaired) electrons. The third-order valence-electron chi connectivity index (χ3n) is 3.74. The van der Waals surface area contributed by atoms with Gasteiger partial charge >= 0.3 is 0 Å². The normalized spacial score (nSPS) is 10.7. The Balaban J connectivity index is 1.51. The van der Waals surface area contributed by atoms with E-state index in [9.17, 15) is 4.79 Å². The van der Waals surface area contributed by atoms with Crippen molar-refractivity contribution < 1.29 is 4.79 Å². The van der Waals surface area contributed by atoms with Gasteiger partial charge in [0.25, 0.3) is 5.91 Å². The van der Waals surface area contributed by atoms with E-state index < -0.39 is 0 Å². The summed E-state index contributed by atoms with van der Waals surface area (Å²) < 4.78 is 1.84. The van der Waals surface area contributed by atoms with Crippen LogP contribution in [0.3, 0.4) is 0 Å². The van der Waals surface area contributed by atoms with Gasteiger partial charge in [-0.15, -0.1) is 0 Å². The van der Waals surface area contributed by atoms with Gasteiger partial charge in [0.1, 0.15) is 5.69 Å². The van der Waals surface area contributed by atoms with Crippen molar-refractivity contribution in [1.82, 2.24) is 25.3 Å². The maximum Gasteiger partial charge on any atom is 0.271 e. The van der Waals surface area contributed by atoms with Crippen LogP contribution in [0, 0.1) is 0 Å². The first-order chi connectivity index (χ1) is 11.8. The fourth-order valence-electron chi connectivity index (χ4n) is 2.50. The van der Waals surface area contributed by atoms with E-state index in [1.807, 2.05) is 53.5 Å². The molecule has 0 aliphatic carbocycles. The molecule has 0 bridgehead atoms. The van der Waals surface area contributed by atoms with Crippen LogP contribution in [0.1, 0.15) is 35.1 Å². The summed E-state index contributed by atoms with van der Waals surface area (Å²) in [5.41, 5.74) is 3.53. The molecule has 6 heteroatoms. The van der Waals surface area contributed by atoms with E-state index in [4.69, 9.17) is 0 Å². The zero-order valence-corrected chi connectivity index (χ0v) is 13.7. The van der Waals surface area contributed by atoms with E-state index in [2.05, 4.69) is 27.5 Å². The molecule has 2 heterocycles. The average Bonchev–Trinajstić information content (AvgIpc) is 3.26. The van der Waals surface area contributed by atoms with Gasteiger partial charge in [-0.2, -0.15) is 10.2 Å². The van der Waals surface area contributed by atoms with Crippen LogP contribution in [-0.4, -0.2) is 32.4 Å². The largest absolute Gasteiger partial charge is 0.350 e. The van der Waals surface area contributed by atoms with Gasteiger partial charge in [0.2, 0.25) is 0 Å². The molecule has 2 aromatic heterocycles. The van der Waals surface area contributed by atoms with E-state index in [-0.39, 0.29) is 5.91 Å². The highest BCUT2D eigenvalue weighted by molar-refractivity contribution is 5.92. The predicted octanol–water partition coefficient (Wildman–Crippen LogP) is 2.52. The fourth-order valence-corrected chi connectivity index (χ4v) is 2.50. The van der Waals surface area contributed by atoms with Crippen molar-refractivity contribution >= 4 is 5.91 Å². The van der Waals surface area contributed by atoms with Crippen molar-refractivity contribution in [3.05, 3.63) is 65.7 Å². The number of hydrogen-bond donors (Lipinski definition) is 2. The highest BCUT2D eigenvalue weighted by Crippen LogP contribution is 2.08. The molecule has 0 aliphatic rings. The molecule has 124 valence electrons. The highest BCUT2D eigenvalue weighted by atomic mass is 16.1. The Hall–Kier alpha value is -2.89. The second kappa shape index (κ2) is 7.59. The summed E-state index contributed by atoms with van der Waals surface area (Å²) in [6.07, 6.45) is 6.46. The van der Waals surface area contributed by atoms with Crippen LogP contribution in [0.15, 0.2) is 48.8 Å². The number of nitrogens with zero attached hydrogens (tertiary/aromatic N) is 3. The van der Waals surface area contributed by atoms with Crippen molar-refractivity contribution in [3.8, 4) is 5.69 Å². The van der Waals surface area contributed by atoms with Crippen LogP contribution in [-0.2, 0) is 12.8 Å². The fraction of sp³-hybridized carbons (Fsp3) is 0.278. The Bertz CT molecular complexity index is 791. The molecule has 1 aromatic carbocycles. The minimum absolute atomic E-state index is 0.149. The first-order valence-corrected chi connectivity index (χ1v) is 8.17. The Kier molecular flexibility index (Phi) is 5.05. The second-order valence-corrected chi connectivity index (χ2v) is 5.66. The first kappa shape index (κ1) is 16.0. The lowest BCUT2D eigenvalue weighted by Crippen LogP contribution is -2.25. The third-order valence-corrected chi connectivity index (χ3v) is 3.74. The Morgan fingerprint density at radius 1 is 1.25 bits per heavy atom. The smallest absolute Gasteiger partial charge is 0.271 e. The monoisotopic (exact) mass is 323 g/mol. The molecule has 3 rings (SSSR count). The molecule has 0 unspecified atom stereocenters. The molecular weight excluding hydrogens is 302 g/mol. The van der Waals surface area contributed by atoms with Crippen molar-refractivity contribution in [2.75, 3.05) is 6.54 Å². The summed E-state index contributed by atoms with van der Waals surface area (Å²) in [4.78, 5) is 12.1. The molecule has 0 aliphatic heterocycles. The second-order valence-electron chi connectivity index (χ2n) is 5.66. The van der Waals surface area contributed by atoms with Crippen LogP contribution in [0.25, 0.3) is 5.69 Å². The van der Waals surface area contributed by atoms with Crippen LogP contribution >= 0.6 is 0 Å². The van der Waals surface area contributed by atoms with Gasteiger partial charge in [-0.25, -0.2) is 4.68 Å². The van der Waals surface area contributed by atoms with E-state index in [1.54, 1.807) is 0 Å². The number of nitrogens with one attached hydrogen (secondary N) is 2. The number of carbonyl (C=O) groups excluding carboxylic acids is 1. The summed E-state index contributed by atoms with van der Waals surface area (Å²) in [5.74, 6) is -0.149. The number of hydrogen-bond acceptors (Lipinski definition) is 3. The average molecular weight is 323 g/mol. The van der Waals surface area contributed by atoms with Gasteiger partial charge in [0, 0.05) is 18.4 Å². The Morgan fingerprint density at radius 2 is 2.08 bits per heavy atom. The molecule has 3 aromatic rings. The number of rotatable bonds is 7. The van der Waals surface area contributed by atoms with Crippen LogP contribution in [0.5, 0.6) is 0 Å². The van der Waals surface area contributed by atoms with Gasteiger partial charge in [-0.05, 0) is 36.6 Å². The van der Waals surface area contributed by atoms with Crippen molar-refractivity contribution in [1.29, 1.82) is 0 Å². The maximum absolute atomic E-state index is 12.1. The summed E-state index contributed by atoms with van der Waals surface area (Å²) >= 11 is 0. The molecule has 1 amide bonds. The molecule has 0 spiro atoms. The van der Waals surface area contributed by atoms with Gasteiger partial charge in [-0.3, -0.25) is 9.89 Å². The lowest BCUT2D eigenvalue weighted by atomic mass is 10.2. The number of benzene rings is 1. The van der Waals surface area contributed by atoms with E-state index >= 15 is 0 Å². The van der Waals surface area contributed by atoms with Crippen molar-refractivity contribution in [3.63, 3.8) is 0 Å².